The first-order valence-corrected chi connectivity index (χ1v) is 7.90. The first kappa shape index (κ1) is 16.4. The Bertz CT molecular complexity index is 906. The molecule has 0 spiro atoms. The van der Waals surface area contributed by atoms with Gasteiger partial charge in [-0.05, 0) is 6.07 Å². The number of aromatic nitrogens is 2. The molecule has 10 heteroatoms. The van der Waals surface area contributed by atoms with Crippen LogP contribution in [0.25, 0.3) is 10.9 Å². The number of hydrogen-bond donors (Lipinski definition) is 2. The highest BCUT2D eigenvalue weighted by molar-refractivity contribution is 7.99. The van der Waals surface area contributed by atoms with Crippen molar-refractivity contribution in [2.45, 2.75) is 17.6 Å². The number of aliphatic hydroxyl groups excluding tert-OH is 1. The van der Waals surface area contributed by atoms with Crippen molar-refractivity contribution < 1.29 is 18.3 Å². The maximum atomic E-state index is 13.2. The highest BCUT2D eigenvalue weighted by Gasteiger charge is 2.36. The summed E-state index contributed by atoms with van der Waals surface area (Å²) >= 11 is 6.92. The number of rotatable bonds is 1. The van der Waals surface area contributed by atoms with Gasteiger partial charge in [-0.25, -0.2) is 4.79 Å². The van der Waals surface area contributed by atoms with Crippen molar-refractivity contribution in [3.05, 3.63) is 37.5 Å². The van der Waals surface area contributed by atoms with E-state index in [4.69, 9.17) is 11.6 Å². The average Bonchev–Trinajstić information content (AvgIpc) is 2.65. The van der Waals surface area contributed by atoms with Crippen LogP contribution in [-0.4, -0.2) is 27.0 Å². The molecular formula is C13H10ClF3N2O3S. The first-order chi connectivity index (χ1) is 10.7. The highest BCUT2D eigenvalue weighted by atomic mass is 35.5. The Labute approximate surface area is 136 Å². The van der Waals surface area contributed by atoms with E-state index in [1.54, 1.807) is 0 Å². The average molecular weight is 367 g/mol. The van der Waals surface area contributed by atoms with Gasteiger partial charge in [0.05, 0.1) is 26.4 Å². The Kier molecular flexibility index (Phi) is 3.97. The lowest BCUT2D eigenvalue weighted by Crippen LogP contribution is -2.33. The molecule has 0 amide bonds. The Morgan fingerprint density at radius 3 is 2.74 bits per heavy atom. The molecule has 1 aliphatic rings. The molecule has 0 fully saturated rings. The van der Waals surface area contributed by atoms with Crippen LogP contribution in [0.15, 0.2) is 20.6 Å². The lowest BCUT2D eigenvalue weighted by Gasteiger charge is -2.15. The van der Waals surface area contributed by atoms with Gasteiger partial charge in [-0.15, -0.1) is 11.8 Å². The molecule has 124 valence electrons. The van der Waals surface area contributed by atoms with Crippen LogP contribution in [0, 0.1) is 5.92 Å². The molecule has 23 heavy (non-hydrogen) atoms. The molecule has 0 aliphatic carbocycles. The number of aromatic amines is 1. The second-order valence-electron chi connectivity index (χ2n) is 5.19. The molecule has 1 unspecified atom stereocenters. The van der Waals surface area contributed by atoms with Gasteiger partial charge in [0.15, 0.2) is 0 Å². The minimum atomic E-state index is -4.72. The zero-order valence-electron chi connectivity index (χ0n) is 11.4. The monoisotopic (exact) mass is 366 g/mol. The smallest absolute Gasteiger partial charge is 0.396 e. The maximum Gasteiger partial charge on any atom is 0.417 e. The molecule has 2 heterocycles. The predicted molar refractivity (Wildman–Crippen MR) is 80.1 cm³/mol. The van der Waals surface area contributed by atoms with Gasteiger partial charge in [0.1, 0.15) is 0 Å². The molecule has 0 radical (unpaired) electrons. The second kappa shape index (κ2) is 5.57. The number of halogens is 4. The summed E-state index contributed by atoms with van der Waals surface area (Å²) in [5.41, 5.74) is -2.67. The Balaban J connectivity index is 2.47. The van der Waals surface area contributed by atoms with Gasteiger partial charge in [-0.3, -0.25) is 14.3 Å². The predicted octanol–water partition coefficient (Wildman–Crippen LogP) is 2.08. The third kappa shape index (κ3) is 2.66. The Hall–Kier alpha value is -1.45. The molecule has 1 aromatic heterocycles. The van der Waals surface area contributed by atoms with Crippen molar-refractivity contribution in [2.75, 3.05) is 12.4 Å². The van der Waals surface area contributed by atoms with Gasteiger partial charge >= 0.3 is 11.9 Å². The van der Waals surface area contributed by atoms with E-state index in [0.29, 0.717) is 6.07 Å². The Morgan fingerprint density at radius 1 is 1.43 bits per heavy atom. The number of alkyl halides is 3. The summed E-state index contributed by atoms with van der Waals surface area (Å²) < 4.78 is 40.6. The quantitative estimate of drug-likeness (QED) is 0.810. The maximum absolute atomic E-state index is 13.2. The summed E-state index contributed by atoms with van der Waals surface area (Å²) in [6, 6.07) is 0.662. The number of benzene rings is 1. The number of thioether (sulfide) groups is 1. The molecule has 0 saturated carbocycles. The fraction of sp³-hybridized carbons (Fsp3) is 0.385. The van der Waals surface area contributed by atoms with Crippen LogP contribution in [-0.2, 0) is 12.7 Å². The summed E-state index contributed by atoms with van der Waals surface area (Å²) in [6.45, 7) is -0.151. The molecule has 5 nitrogen and oxygen atoms in total. The third-order valence-electron chi connectivity index (χ3n) is 3.64. The van der Waals surface area contributed by atoms with E-state index in [0.717, 1.165) is 11.8 Å². The number of nitrogens with one attached hydrogen (secondary N) is 1. The lowest BCUT2D eigenvalue weighted by atomic mass is 10.1. The molecule has 1 aromatic carbocycles. The first-order valence-electron chi connectivity index (χ1n) is 6.54. The summed E-state index contributed by atoms with van der Waals surface area (Å²) in [5.74, 6) is -0.0633. The van der Waals surface area contributed by atoms with Crippen LogP contribution in [0.2, 0.25) is 5.02 Å². The van der Waals surface area contributed by atoms with Crippen molar-refractivity contribution >= 4 is 34.3 Å². The zero-order valence-corrected chi connectivity index (χ0v) is 13.0. The fourth-order valence-corrected chi connectivity index (χ4v) is 4.16. The van der Waals surface area contributed by atoms with Crippen LogP contribution >= 0.6 is 23.4 Å². The van der Waals surface area contributed by atoms with E-state index in [-0.39, 0.29) is 40.6 Å². The standard InChI is InChI=1S/C13H10ClF3N2O3S/c14-8-7(13(15,16)17)1-6-9-10(8)23-4-5(3-20)2-19(9)12(22)18-11(6)21/h1,5,20H,2-4H2,(H,18,21,22). The largest absolute Gasteiger partial charge is 0.417 e. The minimum absolute atomic E-state index is 0.0376. The van der Waals surface area contributed by atoms with Gasteiger partial charge in [0.25, 0.3) is 5.56 Å². The van der Waals surface area contributed by atoms with E-state index in [1.807, 2.05) is 4.98 Å². The van der Waals surface area contributed by atoms with Crippen molar-refractivity contribution in [3.63, 3.8) is 0 Å². The van der Waals surface area contributed by atoms with Crippen LogP contribution in [0.1, 0.15) is 5.56 Å². The van der Waals surface area contributed by atoms with Crippen LogP contribution in [0.3, 0.4) is 0 Å². The van der Waals surface area contributed by atoms with Crippen molar-refractivity contribution in [1.29, 1.82) is 0 Å². The molecule has 3 rings (SSSR count). The molecule has 1 atom stereocenters. The van der Waals surface area contributed by atoms with Crippen molar-refractivity contribution in [3.8, 4) is 0 Å². The minimum Gasteiger partial charge on any atom is -0.396 e. The van der Waals surface area contributed by atoms with Gasteiger partial charge < -0.3 is 5.11 Å². The van der Waals surface area contributed by atoms with Crippen LogP contribution in [0.4, 0.5) is 13.2 Å². The third-order valence-corrected chi connectivity index (χ3v) is 5.47. The fourth-order valence-electron chi connectivity index (χ4n) is 2.53. The number of hydrogen-bond acceptors (Lipinski definition) is 4. The molecule has 0 saturated heterocycles. The van der Waals surface area contributed by atoms with Gasteiger partial charge in [-0.1, -0.05) is 11.6 Å². The van der Waals surface area contributed by atoms with E-state index >= 15 is 0 Å². The second-order valence-corrected chi connectivity index (χ2v) is 6.60. The molecule has 1 aliphatic heterocycles. The number of nitrogens with zero attached hydrogens (tertiary/aromatic N) is 1. The van der Waals surface area contributed by atoms with E-state index < -0.39 is 28.0 Å². The van der Waals surface area contributed by atoms with Gasteiger partial charge in [0.2, 0.25) is 0 Å². The van der Waals surface area contributed by atoms with Crippen molar-refractivity contribution in [2.24, 2.45) is 5.92 Å². The van der Waals surface area contributed by atoms with E-state index in [9.17, 15) is 27.9 Å². The summed E-state index contributed by atoms with van der Waals surface area (Å²) in [5, 5.41) is 8.55. The number of H-pyrrole nitrogens is 1. The molecular weight excluding hydrogens is 357 g/mol. The van der Waals surface area contributed by atoms with E-state index in [1.165, 1.54) is 4.57 Å². The normalized spacial score (nSPS) is 18.2. The SMILES string of the molecule is O=c1[nH]c(=O)n2c3c(c(Cl)c(C(F)(F)F)cc13)SCC(CO)C2. The van der Waals surface area contributed by atoms with Gasteiger partial charge in [0, 0.05) is 24.8 Å². The molecule has 0 bridgehead atoms. The highest BCUT2D eigenvalue weighted by Crippen LogP contribution is 2.44. The van der Waals surface area contributed by atoms with Gasteiger partial charge in [-0.2, -0.15) is 13.2 Å². The molecule has 2 N–H and O–H groups in total. The summed E-state index contributed by atoms with van der Waals surface area (Å²) in [6.07, 6.45) is -4.72. The van der Waals surface area contributed by atoms with Crippen molar-refractivity contribution in [1.82, 2.24) is 9.55 Å². The summed E-state index contributed by atoms with van der Waals surface area (Å²) in [7, 11) is 0. The van der Waals surface area contributed by atoms with Crippen LogP contribution < -0.4 is 11.2 Å². The van der Waals surface area contributed by atoms with Crippen LogP contribution in [0.5, 0.6) is 0 Å². The lowest BCUT2D eigenvalue weighted by molar-refractivity contribution is -0.137. The zero-order chi connectivity index (χ0) is 16.9. The summed E-state index contributed by atoms with van der Waals surface area (Å²) in [4.78, 5) is 26.0. The topological polar surface area (TPSA) is 75.1 Å². The molecule has 2 aromatic rings. The van der Waals surface area contributed by atoms with E-state index in [2.05, 4.69) is 0 Å². The Morgan fingerprint density at radius 2 is 2.13 bits per heavy atom. The number of aliphatic hydroxyl groups is 1.